The number of hydrogen-bond acceptors (Lipinski definition) is 5. The fourth-order valence-corrected chi connectivity index (χ4v) is 7.03. The first kappa shape index (κ1) is 26.7. The molecule has 216 valence electrons. The highest BCUT2D eigenvalue weighted by Crippen LogP contribution is 2.55. The van der Waals surface area contributed by atoms with E-state index in [1.165, 1.54) is 11.1 Å². The molecule has 2 aromatic heterocycles. The Bertz CT molecular complexity index is 1960. The van der Waals surface area contributed by atoms with Crippen molar-refractivity contribution in [1.82, 2.24) is 24.8 Å². The van der Waals surface area contributed by atoms with Crippen LogP contribution in [-0.4, -0.2) is 60.0 Å². The zero-order valence-corrected chi connectivity index (χ0v) is 24.1. The molecule has 0 fully saturated rings. The molecule has 0 unspecified atom stereocenters. The van der Waals surface area contributed by atoms with Crippen molar-refractivity contribution < 1.29 is 19.8 Å². The maximum absolute atomic E-state index is 14.1. The molecule has 0 saturated carbocycles. The number of carbonyl (C=O) groups is 2. The van der Waals surface area contributed by atoms with E-state index in [4.69, 9.17) is 4.98 Å². The summed E-state index contributed by atoms with van der Waals surface area (Å²) in [5.41, 5.74) is 7.30. The summed E-state index contributed by atoms with van der Waals surface area (Å²) in [6, 6.07) is 18.1. The predicted octanol–water partition coefficient (Wildman–Crippen LogP) is 6.41. The van der Waals surface area contributed by atoms with Gasteiger partial charge in [0.1, 0.15) is 5.82 Å². The van der Waals surface area contributed by atoms with Crippen LogP contribution in [0.5, 0.6) is 6.01 Å². The van der Waals surface area contributed by atoms with Crippen molar-refractivity contribution >= 4 is 39.5 Å². The number of amides is 1. The monoisotopic (exact) mass is 573 g/mol. The fourth-order valence-electron chi connectivity index (χ4n) is 7.03. The van der Waals surface area contributed by atoms with Crippen molar-refractivity contribution in [1.29, 1.82) is 0 Å². The van der Waals surface area contributed by atoms with E-state index in [0.717, 1.165) is 23.1 Å². The average Bonchev–Trinajstić information content (AvgIpc) is 3.56. The third-order valence-corrected chi connectivity index (χ3v) is 9.02. The number of hydrogen-bond donors (Lipinski definition) is 4. The number of carboxylic acid groups (broad SMARTS) is 1. The Morgan fingerprint density at radius 1 is 0.907 bits per heavy atom. The number of carboxylic acids is 1. The summed E-state index contributed by atoms with van der Waals surface area (Å²) >= 11 is 0. The van der Waals surface area contributed by atoms with Crippen LogP contribution in [0.3, 0.4) is 0 Å². The van der Waals surface area contributed by atoms with Gasteiger partial charge < -0.3 is 25.1 Å². The van der Waals surface area contributed by atoms with Crippen LogP contribution in [0.15, 0.2) is 78.4 Å². The Labute approximate surface area is 247 Å². The third-order valence-electron chi connectivity index (χ3n) is 9.02. The number of nitrogens with one attached hydrogen (secondary N) is 2. The van der Waals surface area contributed by atoms with Gasteiger partial charge in [-0.25, -0.2) is 9.78 Å². The molecule has 4 N–H and O–H groups in total. The van der Waals surface area contributed by atoms with Crippen LogP contribution in [0, 0.1) is 10.8 Å². The lowest BCUT2D eigenvalue weighted by Gasteiger charge is -2.50. The topological polar surface area (TPSA) is 135 Å². The number of nitrogens with zero attached hydrogens (tertiary/aromatic N) is 3. The van der Waals surface area contributed by atoms with Gasteiger partial charge in [0.2, 0.25) is 0 Å². The standard InChI is InChI=1S/C34H31N5O4/c1-33(2)23(19-8-10-20(11-9-19)31(41)42)12-14-34(3)18-39(15-13-28(33)34)30(40)22-7-5-4-6-21(22)29-35-24-16-26-27(17-25(24)36-29)38-32(43)37-26/h4-13,16-17H,14-15,18H2,1-3H3,(H,35,36)(H,41,42)(H2,37,38,43)/t34-/m1/s1. The molecule has 0 spiro atoms. The quantitative estimate of drug-likeness (QED) is 0.184. The highest BCUT2D eigenvalue weighted by atomic mass is 16.4. The Balaban J connectivity index is 1.18. The highest BCUT2D eigenvalue weighted by molar-refractivity contribution is 6.01. The number of allylic oxidation sites excluding steroid dienone is 2. The molecule has 1 aliphatic carbocycles. The molecule has 3 heterocycles. The van der Waals surface area contributed by atoms with Gasteiger partial charge in [-0.2, -0.15) is 4.98 Å². The van der Waals surface area contributed by atoms with E-state index in [1.54, 1.807) is 12.1 Å². The first-order valence-corrected chi connectivity index (χ1v) is 14.3. The molecule has 0 bridgehead atoms. The van der Waals surface area contributed by atoms with Crippen molar-refractivity contribution in [3.05, 3.63) is 95.1 Å². The molecule has 5 aromatic rings. The van der Waals surface area contributed by atoms with E-state index in [0.29, 0.717) is 41.0 Å². The maximum Gasteiger partial charge on any atom is 0.335 e. The summed E-state index contributed by atoms with van der Waals surface area (Å²) in [4.78, 5) is 42.4. The Kier molecular flexibility index (Phi) is 5.85. The van der Waals surface area contributed by atoms with Crippen LogP contribution in [0.25, 0.3) is 39.0 Å². The number of fused-ring (bicyclic) bond motifs is 3. The number of imidazole rings is 2. The number of rotatable bonds is 4. The van der Waals surface area contributed by atoms with Gasteiger partial charge in [0.25, 0.3) is 11.9 Å². The van der Waals surface area contributed by atoms with Gasteiger partial charge in [0, 0.05) is 29.5 Å². The largest absolute Gasteiger partial charge is 0.480 e. The van der Waals surface area contributed by atoms with E-state index >= 15 is 0 Å². The van der Waals surface area contributed by atoms with E-state index in [1.807, 2.05) is 53.4 Å². The summed E-state index contributed by atoms with van der Waals surface area (Å²) in [5.74, 6) is -0.396. The summed E-state index contributed by atoms with van der Waals surface area (Å²) < 4.78 is 0. The second kappa shape index (κ2) is 9.42. The Morgan fingerprint density at radius 3 is 2.35 bits per heavy atom. The second-order valence-corrected chi connectivity index (χ2v) is 12.3. The van der Waals surface area contributed by atoms with E-state index < -0.39 is 5.97 Å². The number of H-pyrrole nitrogens is 2. The minimum absolute atomic E-state index is 0.0527. The van der Waals surface area contributed by atoms with E-state index in [-0.39, 0.29) is 28.3 Å². The van der Waals surface area contributed by atoms with Crippen molar-refractivity contribution in [2.75, 3.05) is 13.1 Å². The number of aromatic carboxylic acids is 1. The highest BCUT2D eigenvalue weighted by Gasteiger charge is 2.46. The van der Waals surface area contributed by atoms with Gasteiger partial charge in [0.15, 0.2) is 0 Å². The van der Waals surface area contributed by atoms with Gasteiger partial charge in [-0.15, -0.1) is 0 Å². The first-order valence-electron chi connectivity index (χ1n) is 14.3. The van der Waals surface area contributed by atoms with Gasteiger partial charge in [-0.3, -0.25) is 4.79 Å². The molecule has 3 aromatic carbocycles. The summed E-state index contributed by atoms with van der Waals surface area (Å²) in [6.45, 7) is 7.71. The van der Waals surface area contributed by atoms with Crippen LogP contribution in [0.1, 0.15) is 53.5 Å². The molecule has 1 amide bonds. The number of carbonyl (C=O) groups excluding carboxylic acids is 1. The van der Waals surface area contributed by atoms with Crippen molar-refractivity contribution in [2.24, 2.45) is 10.8 Å². The smallest absolute Gasteiger partial charge is 0.335 e. The normalized spacial score (nSPS) is 19.7. The van der Waals surface area contributed by atoms with E-state index in [2.05, 4.69) is 47.9 Å². The molecule has 0 radical (unpaired) electrons. The third kappa shape index (κ3) is 4.31. The van der Waals surface area contributed by atoms with Gasteiger partial charge in [-0.05, 0) is 47.9 Å². The summed E-state index contributed by atoms with van der Waals surface area (Å²) in [5, 5.41) is 19.0. The number of benzene rings is 3. The molecule has 43 heavy (non-hydrogen) atoms. The molecule has 1 atom stereocenters. The Morgan fingerprint density at radius 2 is 1.60 bits per heavy atom. The van der Waals surface area contributed by atoms with Crippen molar-refractivity contribution in [2.45, 2.75) is 27.2 Å². The van der Waals surface area contributed by atoms with E-state index in [9.17, 15) is 19.8 Å². The minimum Gasteiger partial charge on any atom is -0.480 e. The molecule has 9 nitrogen and oxygen atoms in total. The first-order chi connectivity index (χ1) is 20.5. The number of aromatic amines is 2. The zero-order valence-electron chi connectivity index (χ0n) is 24.1. The molecule has 1 aliphatic heterocycles. The molecule has 2 aliphatic rings. The summed E-state index contributed by atoms with van der Waals surface area (Å²) in [6.07, 6.45) is 5.22. The van der Waals surface area contributed by atoms with Gasteiger partial charge >= 0.3 is 5.97 Å². The number of aromatic nitrogens is 4. The summed E-state index contributed by atoms with van der Waals surface area (Å²) in [7, 11) is 0. The SMILES string of the molecule is CC1(C)C(c2ccc(C(=O)O)cc2)=CC[C@]2(C)CN(C(=O)c3ccccc3-c3nc4cc5[nH]c(O)nc5cc4[nH]3)CC=C12. The second-order valence-electron chi connectivity index (χ2n) is 12.3. The van der Waals surface area contributed by atoms with Crippen LogP contribution >= 0.6 is 0 Å². The van der Waals surface area contributed by atoms with Gasteiger partial charge in [0.05, 0.1) is 33.2 Å². The minimum atomic E-state index is -0.936. The molecule has 9 heteroatoms. The Hall–Kier alpha value is -5.18. The van der Waals surface area contributed by atoms with Crippen LogP contribution < -0.4 is 0 Å². The number of aromatic hydroxyl groups is 1. The van der Waals surface area contributed by atoms with Gasteiger partial charge in [-0.1, -0.05) is 68.8 Å². The van der Waals surface area contributed by atoms with Crippen molar-refractivity contribution in [3.8, 4) is 17.4 Å². The molecule has 0 saturated heterocycles. The van der Waals surface area contributed by atoms with Crippen molar-refractivity contribution in [3.63, 3.8) is 0 Å². The predicted molar refractivity (Wildman–Crippen MR) is 165 cm³/mol. The zero-order chi connectivity index (χ0) is 30.1. The lowest BCUT2D eigenvalue weighted by atomic mass is 9.58. The molecular formula is C34H31N5O4. The van der Waals surface area contributed by atoms with Crippen LogP contribution in [0.2, 0.25) is 0 Å². The average molecular weight is 574 g/mol. The fraction of sp³-hybridized carbons (Fsp3) is 0.235. The molecular weight excluding hydrogens is 542 g/mol. The van der Waals surface area contributed by atoms with Crippen LogP contribution in [-0.2, 0) is 0 Å². The van der Waals surface area contributed by atoms with Crippen LogP contribution in [0.4, 0.5) is 0 Å². The lowest BCUT2D eigenvalue weighted by molar-refractivity contribution is 0.0679. The molecule has 7 rings (SSSR count). The lowest BCUT2D eigenvalue weighted by Crippen LogP contribution is -2.48. The maximum atomic E-state index is 14.1.